The minimum absolute atomic E-state index is 0.169. The summed E-state index contributed by atoms with van der Waals surface area (Å²) in [6, 6.07) is 10.6. The Morgan fingerprint density at radius 1 is 1.21 bits per heavy atom. The van der Waals surface area contributed by atoms with Crippen molar-refractivity contribution < 1.29 is 9.21 Å². The second-order valence-electron chi connectivity index (χ2n) is 5.66. The van der Waals surface area contributed by atoms with Crippen LogP contribution in [0.5, 0.6) is 0 Å². The largest absolute Gasteiger partial charge is 0.451 e. The van der Waals surface area contributed by atoms with Crippen molar-refractivity contribution in [2.45, 2.75) is 20.3 Å². The van der Waals surface area contributed by atoms with Crippen molar-refractivity contribution in [1.82, 2.24) is 16.2 Å². The predicted octanol–water partition coefficient (Wildman–Crippen LogP) is 3.76. The number of carbonyl (C=O) groups excluding carboxylic acids is 1. The molecule has 1 amide bonds. The molecule has 1 heterocycles. The lowest BCUT2D eigenvalue weighted by atomic mass is 10.1. The number of thiocarbonyl (C=S) groups is 1. The van der Waals surface area contributed by atoms with Gasteiger partial charge < -0.3 is 9.73 Å². The van der Waals surface area contributed by atoms with E-state index in [4.69, 9.17) is 28.2 Å². The van der Waals surface area contributed by atoms with Crippen molar-refractivity contribution in [1.29, 1.82) is 0 Å². The summed E-state index contributed by atoms with van der Waals surface area (Å²) in [6.45, 7) is 5.01. The maximum Gasteiger partial charge on any atom is 0.305 e. The Kier molecular flexibility index (Phi) is 6.63. The quantitative estimate of drug-likeness (QED) is 0.556. The lowest BCUT2D eigenvalue weighted by Gasteiger charge is -2.11. The van der Waals surface area contributed by atoms with E-state index in [-0.39, 0.29) is 5.76 Å². The highest BCUT2D eigenvalue weighted by Crippen LogP contribution is 2.28. The second kappa shape index (κ2) is 8.70. The molecule has 2 aromatic rings. The maximum atomic E-state index is 12.1. The number of carbonyl (C=O) groups is 1. The van der Waals surface area contributed by atoms with Crippen LogP contribution in [0.15, 0.2) is 40.8 Å². The molecule has 128 valence electrons. The first kappa shape index (κ1) is 18.3. The van der Waals surface area contributed by atoms with Crippen molar-refractivity contribution in [2.75, 3.05) is 6.54 Å². The number of hydrazine groups is 1. The Morgan fingerprint density at radius 2 is 1.96 bits per heavy atom. The SMILES string of the molecule is CC(C)CCNC(=S)NNC(=O)c1ccc(-c2ccccc2Cl)o1. The van der Waals surface area contributed by atoms with Crippen LogP contribution in [0.25, 0.3) is 11.3 Å². The first-order chi connectivity index (χ1) is 11.5. The van der Waals surface area contributed by atoms with E-state index in [2.05, 4.69) is 30.0 Å². The van der Waals surface area contributed by atoms with Gasteiger partial charge in [0.1, 0.15) is 5.76 Å². The zero-order chi connectivity index (χ0) is 17.5. The smallest absolute Gasteiger partial charge is 0.305 e. The molecule has 0 fully saturated rings. The molecule has 24 heavy (non-hydrogen) atoms. The van der Waals surface area contributed by atoms with Gasteiger partial charge in [-0.2, -0.15) is 0 Å². The first-order valence-corrected chi connectivity index (χ1v) is 8.45. The molecule has 7 heteroatoms. The van der Waals surface area contributed by atoms with Gasteiger partial charge >= 0.3 is 5.91 Å². The van der Waals surface area contributed by atoms with Gasteiger partial charge in [-0.3, -0.25) is 15.6 Å². The summed E-state index contributed by atoms with van der Waals surface area (Å²) < 4.78 is 5.56. The molecule has 3 N–H and O–H groups in total. The molecule has 5 nitrogen and oxygen atoms in total. The van der Waals surface area contributed by atoms with Crippen molar-refractivity contribution >= 4 is 34.8 Å². The minimum Gasteiger partial charge on any atom is -0.451 e. The van der Waals surface area contributed by atoms with Gasteiger partial charge in [-0.1, -0.05) is 37.6 Å². The molecule has 0 saturated heterocycles. The van der Waals surface area contributed by atoms with Crippen molar-refractivity contribution in [3.05, 3.63) is 47.2 Å². The molecule has 0 aliphatic carbocycles. The number of nitrogens with one attached hydrogen (secondary N) is 3. The minimum atomic E-state index is -0.415. The van der Waals surface area contributed by atoms with E-state index in [0.29, 0.717) is 21.8 Å². The number of halogens is 1. The zero-order valence-corrected chi connectivity index (χ0v) is 15.1. The second-order valence-corrected chi connectivity index (χ2v) is 6.48. The number of rotatable bonds is 5. The van der Waals surface area contributed by atoms with E-state index in [1.165, 1.54) is 0 Å². The van der Waals surface area contributed by atoms with E-state index in [0.717, 1.165) is 18.5 Å². The van der Waals surface area contributed by atoms with E-state index in [1.54, 1.807) is 18.2 Å². The van der Waals surface area contributed by atoms with Crippen LogP contribution in [0.3, 0.4) is 0 Å². The molecular formula is C17H20ClN3O2S. The van der Waals surface area contributed by atoms with Gasteiger partial charge in [0.2, 0.25) is 0 Å². The van der Waals surface area contributed by atoms with Crippen LogP contribution < -0.4 is 16.2 Å². The molecule has 1 aromatic carbocycles. The summed E-state index contributed by atoms with van der Waals surface area (Å²) in [5.74, 6) is 0.869. The Hall–Kier alpha value is -2.05. The predicted molar refractivity (Wildman–Crippen MR) is 99.8 cm³/mol. The number of furan rings is 1. The summed E-state index contributed by atoms with van der Waals surface area (Å²) in [5, 5.41) is 3.94. The molecule has 0 atom stereocenters. The number of hydrogen-bond donors (Lipinski definition) is 3. The fraction of sp³-hybridized carbons (Fsp3) is 0.294. The van der Waals surface area contributed by atoms with E-state index < -0.39 is 5.91 Å². The highest BCUT2D eigenvalue weighted by molar-refractivity contribution is 7.80. The molecule has 0 aliphatic heterocycles. The van der Waals surface area contributed by atoms with Crippen LogP contribution in [-0.4, -0.2) is 17.6 Å². The van der Waals surface area contributed by atoms with Crippen LogP contribution in [0.1, 0.15) is 30.8 Å². The Balaban J connectivity index is 1.88. The van der Waals surface area contributed by atoms with Crippen molar-refractivity contribution in [2.24, 2.45) is 5.92 Å². The van der Waals surface area contributed by atoms with Crippen LogP contribution in [-0.2, 0) is 0 Å². The molecule has 0 aliphatic rings. The molecule has 0 radical (unpaired) electrons. The van der Waals surface area contributed by atoms with Gasteiger partial charge in [0.25, 0.3) is 0 Å². The van der Waals surface area contributed by atoms with Crippen LogP contribution in [0.2, 0.25) is 5.02 Å². The Labute approximate surface area is 151 Å². The average Bonchev–Trinajstić information content (AvgIpc) is 3.02. The number of benzene rings is 1. The summed E-state index contributed by atoms with van der Waals surface area (Å²) in [5.41, 5.74) is 5.88. The molecule has 2 rings (SSSR count). The van der Waals surface area contributed by atoms with Gasteiger partial charge in [-0.15, -0.1) is 0 Å². The summed E-state index contributed by atoms with van der Waals surface area (Å²) >= 11 is 11.2. The fourth-order valence-corrected chi connectivity index (χ4v) is 2.34. The van der Waals surface area contributed by atoms with E-state index >= 15 is 0 Å². The van der Waals surface area contributed by atoms with Crippen LogP contribution >= 0.6 is 23.8 Å². The van der Waals surface area contributed by atoms with Gasteiger partial charge in [-0.05, 0) is 48.8 Å². The third kappa shape index (κ3) is 5.25. The lowest BCUT2D eigenvalue weighted by molar-refractivity contribution is 0.0916. The lowest BCUT2D eigenvalue weighted by Crippen LogP contribution is -2.47. The highest BCUT2D eigenvalue weighted by atomic mass is 35.5. The first-order valence-electron chi connectivity index (χ1n) is 7.66. The maximum absolute atomic E-state index is 12.1. The summed E-state index contributed by atoms with van der Waals surface area (Å²) in [7, 11) is 0. The third-order valence-corrected chi connectivity index (χ3v) is 3.84. The standard InChI is InChI=1S/C17H20ClN3O2S/c1-11(2)9-10-19-17(24)21-20-16(22)15-8-7-14(23-15)12-5-3-4-6-13(12)18/h3-8,11H,9-10H2,1-2H3,(H,20,22)(H2,19,21,24). The zero-order valence-electron chi connectivity index (χ0n) is 13.6. The molecular weight excluding hydrogens is 346 g/mol. The summed E-state index contributed by atoms with van der Waals surface area (Å²) in [4.78, 5) is 12.1. The van der Waals surface area contributed by atoms with Crippen LogP contribution in [0, 0.1) is 5.92 Å². The van der Waals surface area contributed by atoms with E-state index in [9.17, 15) is 4.79 Å². The van der Waals surface area contributed by atoms with Gasteiger partial charge in [0.05, 0.1) is 5.02 Å². The van der Waals surface area contributed by atoms with Crippen LogP contribution in [0.4, 0.5) is 0 Å². The molecule has 0 bridgehead atoms. The fourth-order valence-electron chi connectivity index (χ4n) is 1.96. The topological polar surface area (TPSA) is 66.3 Å². The Morgan fingerprint density at radius 3 is 2.67 bits per heavy atom. The highest BCUT2D eigenvalue weighted by Gasteiger charge is 2.13. The monoisotopic (exact) mass is 365 g/mol. The third-order valence-electron chi connectivity index (χ3n) is 3.27. The van der Waals surface area contributed by atoms with E-state index in [1.807, 2.05) is 18.2 Å². The molecule has 0 unspecified atom stereocenters. The number of amides is 1. The number of hydrogen-bond acceptors (Lipinski definition) is 3. The molecule has 1 aromatic heterocycles. The molecule has 0 saturated carbocycles. The normalized spacial score (nSPS) is 10.5. The van der Waals surface area contributed by atoms with Gasteiger partial charge in [-0.25, -0.2) is 0 Å². The molecule has 0 spiro atoms. The summed E-state index contributed by atoms with van der Waals surface area (Å²) in [6.07, 6.45) is 0.995. The Bertz CT molecular complexity index is 715. The van der Waals surface area contributed by atoms with Crippen molar-refractivity contribution in [3.63, 3.8) is 0 Å². The van der Waals surface area contributed by atoms with Crippen molar-refractivity contribution in [3.8, 4) is 11.3 Å². The van der Waals surface area contributed by atoms with Gasteiger partial charge in [0, 0.05) is 12.1 Å². The average molecular weight is 366 g/mol. The van der Waals surface area contributed by atoms with Gasteiger partial charge in [0.15, 0.2) is 10.9 Å².